The molecule has 4 N–H and O–H groups in total. The summed E-state index contributed by atoms with van der Waals surface area (Å²) in [5.74, 6) is -0.935. The summed E-state index contributed by atoms with van der Waals surface area (Å²) >= 11 is 0. The molecule has 0 aliphatic rings. The molecule has 8 heteroatoms. The number of rotatable bonds is 3. The Bertz CT molecular complexity index is 884. The fourth-order valence-corrected chi connectivity index (χ4v) is 1.95. The summed E-state index contributed by atoms with van der Waals surface area (Å²) in [6.45, 7) is 3.42. The summed E-state index contributed by atoms with van der Waals surface area (Å²) in [5, 5.41) is 45.9. The minimum Gasteiger partial charge on any atom is -0.506 e. The standard InChI is InChI=1S/C9H8N2O3.C9H10N2O/c1-6(5-10)7-2-3-9(12)8(4-7)11(13)14;1-6(5-10)7-2-3-9(12)8(11)4-7/h2-4,6,12H,1H3;2-4,6,12H,11H2,1H3. The van der Waals surface area contributed by atoms with Gasteiger partial charge in [-0.2, -0.15) is 10.5 Å². The summed E-state index contributed by atoms with van der Waals surface area (Å²) in [4.78, 5) is 9.77. The third-order valence-electron chi connectivity index (χ3n) is 3.64. The fourth-order valence-electron chi connectivity index (χ4n) is 1.95. The predicted molar refractivity (Wildman–Crippen MR) is 95.3 cm³/mol. The number of nitro benzene ring substituents is 1. The molecule has 8 nitrogen and oxygen atoms in total. The van der Waals surface area contributed by atoms with Crippen LogP contribution in [0.4, 0.5) is 11.4 Å². The summed E-state index contributed by atoms with van der Waals surface area (Å²) in [6, 6.07) is 12.8. The number of anilines is 1. The summed E-state index contributed by atoms with van der Waals surface area (Å²) in [5.41, 5.74) is 6.75. The van der Waals surface area contributed by atoms with E-state index in [1.807, 2.05) is 6.07 Å². The second kappa shape index (κ2) is 8.90. The van der Waals surface area contributed by atoms with Crippen molar-refractivity contribution in [1.82, 2.24) is 0 Å². The van der Waals surface area contributed by atoms with Gasteiger partial charge in [0.1, 0.15) is 5.75 Å². The quantitative estimate of drug-likeness (QED) is 0.329. The van der Waals surface area contributed by atoms with E-state index >= 15 is 0 Å². The van der Waals surface area contributed by atoms with E-state index in [4.69, 9.17) is 26.5 Å². The number of nitriles is 2. The van der Waals surface area contributed by atoms with E-state index in [9.17, 15) is 10.1 Å². The van der Waals surface area contributed by atoms with Crippen LogP contribution < -0.4 is 5.73 Å². The number of nitro groups is 1. The zero-order valence-electron chi connectivity index (χ0n) is 14.2. The second-order valence-electron chi connectivity index (χ2n) is 5.53. The lowest BCUT2D eigenvalue weighted by atomic mass is 10.0. The van der Waals surface area contributed by atoms with Gasteiger partial charge >= 0.3 is 5.69 Å². The Morgan fingerprint density at radius 3 is 1.88 bits per heavy atom. The Morgan fingerprint density at radius 2 is 1.46 bits per heavy atom. The Balaban J connectivity index is 0.000000263. The van der Waals surface area contributed by atoms with E-state index < -0.39 is 10.8 Å². The highest BCUT2D eigenvalue weighted by atomic mass is 16.6. The average molecular weight is 354 g/mol. The lowest BCUT2D eigenvalue weighted by molar-refractivity contribution is -0.385. The Hall–Kier alpha value is -3.78. The van der Waals surface area contributed by atoms with Crippen LogP contribution in [0, 0.1) is 32.8 Å². The van der Waals surface area contributed by atoms with Crippen molar-refractivity contribution >= 4 is 11.4 Å². The van der Waals surface area contributed by atoms with Gasteiger partial charge in [-0.15, -0.1) is 0 Å². The minimum absolute atomic E-state index is 0.0592. The molecular weight excluding hydrogens is 336 g/mol. The lowest BCUT2D eigenvalue weighted by Gasteiger charge is -2.04. The van der Waals surface area contributed by atoms with Crippen LogP contribution in [0.25, 0.3) is 0 Å². The average Bonchev–Trinajstić information content (AvgIpc) is 2.63. The molecule has 0 aliphatic carbocycles. The largest absolute Gasteiger partial charge is 0.506 e. The Morgan fingerprint density at radius 1 is 1.00 bits per heavy atom. The number of nitrogens with two attached hydrogens (primary N) is 1. The van der Waals surface area contributed by atoms with Crippen molar-refractivity contribution in [3.63, 3.8) is 0 Å². The minimum atomic E-state index is -0.678. The number of phenols is 2. The van der Waals surface area contributed by atoms with Crippen molar-refractivity contribution in [3.8, 4) is 23.6 Å². The predicted octanol–water partition coefficient (Wildman–Crippen LogP) is 3.53. The zero-order chi connectivity index (χ0) is 19.9. The Labute approximate surface area is 150 Å². The summed E-state index contributed by atoms with van der Waals surface area (Å²) in [7, 11) is 0. The molecule has 2 rings (SSSR count). The fraction of sp³-hybridized carbons (Fsp3) is 0.222. The number of phenolic OH excluding ortho intramolecular Hbond substituents is 2. The van der Waals surface area contributed by atoms with Gasteiger partial charge in [-0.1, -0.05) is 12.1 Å². The molecule has 0 bridgehead atoms. The van der Waals surface area contributed by atoms with Crippen LogP contribution in [0.5, 0.6) is 11.5 Å². The number of hydrogen-bond acceptors (Lipinski definition) is 7. The van der Waals surface area contributed by atoms with Gasteiger partial charge in [-0.3, -0.25) is 10.1 Å². The molecule has 0 saturated carbocycles. The lowest BCUT2D eigenvalue weighted by Crippen LogP contribution is -1.93. The monoisotopic (exact) mass is 354 g/mol. The van der Waals surface area contributed by atoms with E-state index in [1.165, 1.54) is 24.3 Å². The van der Waals surface area contributed by atoms with Gasteiger partial charge in [0.25, 0.3) is 0 Å². The van der Waals surface area contributed by atoms with Crippen molar-refractivity contribution in [3.05, 3.63) is 57.6 Å². The third-order valence-corrected chi connectivity index (χ3v) is 3.64. The number of hydrogen-bond donors (Lipinski definition) is 3. The Kier molecular flexibility index (Phi) is 6.94. The SMILES string of the molecule is CC(C#N)c1ccc(O)c(N)c1.CC(C#N)c1ccc(O)c([N+](=O)[O-])c1. The molecule has 0 fully saturated rings. The molecule has 26 heavy (non-hydrogen) atoms. The molecule has 0 amide bonds. The first-order valence-electron chi connectivity index (χ1n) is 7.56. The maximum atomic E-state index is 10.4. The molecule has 0 saturated heterocycles. The highest BCUT2D eigenvalue weighted by Gasteiger charge is 2.15. The third kappa shape index (κ3) is 5.11. The summed E-state index contributed by atoms with van der Waals surface area (Å²) in [6.07, 6.45) is 0. The van der Waals surface area contributed by atoms with Crippen molar-refractivity contribution < 1.29 is 15.1 Å². The topological polar surface area (TPSA) is 157 Å². The van der Waals surface area contributed by atoms with Crippen molar-refractivity contribution in [2.24, 2.45) is 0 Å². The van der Waals surface area contributed by atoms with E-state index in [0.717, 1.165) is 5.56 Å². The second-order valence-corrected chi connectivity index (χ2v) is 5.53. The van der Waals surface area contributed by atoms with Crippen LogP contribution in [0.2, 0.25) is 0 Å². The molecule has 0 aromatic heterocycles. The molecule has 0 spiro atoms. The van der Waals surface area contributed by atoms with Crippen molar-refractivity contribution in [1.29, 1.82) is 10.5 Å². The van der Waals surface area contributed by atoms with Gasteiger partial charge in [-0.25, -0.2) is 0 Å². The maximum absolute atomic E-state index is 10.4. The van der Waals surface area contributed by atoms with Crippen LogP contribution in [-0.4, -0.2) is 15.1 Å². The highest BCUT2D eigenvalue weighted by molar-refractivity contribution is 5.54. The molecule has 0 radical (unpaired) electrons. The normalized spacial score (nSPS) is 11.8. The number of nitrogen functional groups attached to an aromatic ring is 1. The van der Waals surface area contributed by atoms with Gasteiger partial charge < -0.3 is 15.9 Å². The molecule has 2 atom stereocenters. The summed E-state index contributed by atoms with van der Waals surface area (Å²) < 4.78 is 0. The van der Waals surface area contributed by atoms with E-state index in [2.05, 4.69) is 6.07 Å². The molecule has 134 valence electrons. The first kappa shape index (κ1) is 20.3. The van der Waals surface area contributed by atoms with Crippen LogP contribution in [0.1, 0.15) is 36.8 Å². The van der Waals surface area contributed by atoms with Gasteiger partial charge in [0.2, 0.25) is 0 Å². The first-order valence-corrected chi connectivity index (χ1v) is 7.56. The van der Waals surface area contributed by atoms with E-state index in [-0.39, 0.29) is 23.1 Å². The highest BCUT2D eigenvalue weighted by Crippen LogP contribution is 2.29. The molecule has 2 aromatic rings. The molecule has 2 aromatic carbocycles. The maximum Gasteiger partial charge on any atom is 0.311 e. The molecule has 2 unspecified atom stereocenters. The first-order chi connectivity index (χ1) is 12.2. The molecular formula is C18H18N4O4. The van der Waals surface area contributed by atoms with Crippen LogP contribution in [0.15, 0.2) is 36.4 Å². The van der Waals surface area contributed by atoms with Gasteiger partial charge in [-0.05, 0) is 43.2 Å². The van der Waals surface area contributed by atoms with E-state index in [1.54, 1.807) is 26.0 Å². The van der Waals surface area contributed by atoms with E-state index in [0.29, 0.717) is 11.3 Å². The molecule has 0 aliphatic heterocycles. The van der Waals surface area contributed by atoms with Crippen molar-refractivity contribution in [2.75, 3.05) is 5.73 Å². The molecule has 0 heterocycles. The zero-order valence-corrected chi connectivity index (χ0v) is 14.2. The number of nitrogens with zero attached hydrogens (tertiary/aromatic N) is 3. The number of benzene rings is 2. The van der Waals surface area contributed by atoms with Crippen LogP contribution in [0.3, 0.4) is 0 Å². The van der Waals surface area contributed by atoms with Gasteiger partial charge in [0.15, 0.2) is 5.75 Å². The van der Waals surface area contributed by atoms with Gasteiger partial charge in [0.05, 0.1) is 34.6 Å². The van der Waals surface area contributed by atoms with Crippen LogP contribution >= 0.6 is 0 Å². The van der Waals surface area contributed by atoms with Crippen molar-refractivity contribution in [2.45, 2.75) is 25.7 Å². The smallest absolute Gasteiger partial charge is 0.311 e. The van der Waals surface area contributed by atoms with Crippen LogP contribution in [-0.2, 0) is 0 Å². The number of aromatic hydroxyl groups is 2. The van der Waals surface area contributed by atoms with Gasteiger partial charge in [0, 0.05) is 6.07 Å².